The lowest BCUT2D eigenvalue weighted by Gasteiger charge is -2.39. The van der Waals surface area contributed by atoms with Gasteiger partial charge in [-0.1, -0.05) is 35.3 Å². The molecule has 50 heavy (non-hydrogen) atoms. The highest BCUT2D eigenvalue weighted by Crippen LogP contribution is 2.51. The molecule has 5 fully saturated rings. The number of nitrogens with one attached hydrogen (secondary N) is 1. The van der Waals surface area contributed by atoms with Gasteiger partial charge in [0.1, 0.15) is 17.4 Å². The molecule has 0 spiro atoms. The number of likely N-dealkylation sites (tertiary alicyclic amines) is 1. The van der Waals surface area contributed by atoms with E-state index in [1.807, 2.05) is 30.0 Å². The summed E-state index contributed by atoms with van der Waals surface area (Å²) in [5, 5.41) is 15.5. The van der Waals surface area contributed by atoms with E-state index in [2.05, 4.69) is 27.0 Å². The molecule has 3 aliphatic heterocycles. The second-order valence-electron chi connectivity index (χ2n) is 14.2. The third-order valence-corrected chi connectivity index (χ3v) is 12.0. The number of fused-ring (bicyclic) bond motifs is 4. The summed E-state index contributed by atoms with van der Waals surface area (Å²) in [6.07, 6.45) is 7.29. The van der Waals surface area contributed by atoms with E-state index < -0.39 is 5.82 Å². The van der Waals surface area contributed by atoms with Crippen molar-refractivity contribution in [1.82, 2.24) is 24.8 Å². The lowest BCUT2D eigenvalue weighted by molar-refractivity contribution is -0.133. The molecular formula is C39H35Cl2FN6O2. The lowest BCUT2D eigenvalue weighted by Crippen LogP contribution is -2.41. The number of halogens is 3. The van der Waals surface area contributed by atoms with Gasteiger partial charge in [-0.3, -0.25) is 9.78 Å². The molecule has 5 atom stereocenters. The van der Waals surface area contributed by atoms with Crippen molar-refractivity contribution in [3.05, 3.63) is 87.7 Å². The molecule has 2 aromatic carbocycles. The number of nitriles is 1. The summed E-state index contributed by atoms with van der Waals surface area (Å²) in [6, 6.07) is 15.6. The topological polar surface area (TPSA) is 96.1 Å². The maximum absolute atomic E-state index is 17.1. The van der Waals surface area contributed by atoms with Crippen LogP contribution >= 0.6 is 23.2 Å². The monoisotopic (exact) mass is 708 g/mol. The van der Waals surface area contributed by atoms with Gasteiger partial charge >= 0.3 is 0 Å². The minimum Gasteiger partial charge on any atom is -0.487 e. The van der Waals surface area contributed by atoms with Crippen LogP contribution in [-0.4, -0.2) is 50.6 Å². The number of carbonyl (C=O) groups excluding carboxylic acids is 1. The van der Waals surface area contributed by atoms with E-state index >= 15 is 4.39 Å². The van der Waals surface area contributed by atoms with Gasteiger partial charge in [-0.25, -0.2) is 9.37 Å². The van der Waals surface area contributed by atoms with Crippen molar-refractivity contribution in [3.8, 4) is 22.9 Å². The van der Waals surface area contributed by atoms with Gasteiger partial charge in [0.2, 0.25) is 5.91 Å². The summed E-state index contributed by atoms with van der Waals surface area (Å²) in [7, 11) is 0. The number of carbonyl (C=O) groups is 1. The van der Waals surface area contributed by atoms with Crippen molar-refractivity contribution in [2.75, 3.05) is 13.1 Å². The van der Waals surface area contributed by atoms with Crippen molar-refractivity contribution in [3.63, 3.8) is 0 Å². The van der Waals surface area contributed by atoms with E-state index in [1.54, 1.807) is 30.6 Å². The first kappa shape index (κ1) is 31.7. The first-order chi connectivity index (χ1) is 24.3. The van der Waals surface area contributed by atoms with Crippen LogP contribution in [0.15, 0.2) is 54.9 Å². The van der Waals surface area contributed by atoms with E-state index in [0.717, 1.165) is 42.4 Å². The van der Waals surface area contributed by atoms with Crippen LogP contribution in [0.25, 0.3) is 32.9 Å². The molecule has 2 bridgehead atoms. The van der Waals surface area contributed by atoms with E-state index in [-0.39, 0.29) is 53.0 Å². The van der Waals surface area contributed by atoms with Gasteiger partial charge in [-0.05, 0) is 74.4 Å². The Balaban J connectivity index is 1.27. The van der Waals surface area contributed by atoms with Crippen LogP contribution in [0.4, 0.5) is 4.39 Å². The highest BCUT2D eigenvalue weighted by Gasteiger charge is 2.51. The maximum Gasteiger partial charge on any atom is 0.226 e. The first-order valence-corrected chi connectivity index (χ1v) is 18.2. The largest absolute Gasteiger partial charge is 0.487 e. The summed E-state index contributed by atoms with van der Waals surface area (Å²) in [5.74, 6) is 0.839. The number of nitrogens with zero attached hydrogens (tertiary/aromatic N) is 5. The van der Waals surface area contributed by atoms with Crippen LogP contribution in [-0.2, 0) is 11.2 Å². The summed E-state index contributed by atoms with van der Waals surface area (Å²) in [5.41, 5.74) is 4.39. The zero-order chi connectivity index (χ0) is 34.3. The van der Waals surface area contributed by atoms with Crippen LogP contribution in [0.1, 0.15) is 61.1 Å². The molecule has 3 saturated heterocycles. The van der Waals surface area contributed by atoms with Gasteiger partial charge in [0.05, 0.1) is 46.5 Å². The Bertz CT molecular complexity index is 2220. The Morgan fingerprint density at radius 3 is 2.74 bits per heavy atom. The molecule has 3 aromatic heterocycles. The fraction of sp³-hybridized carbons (Fsp3) is 0.385. The van der Waals surface area contributed by atoms with Crippen molar-refractivity contribution in [2.24, 2.45) is 11.8 Å². The Kier molecular flexibility index (Phi) is 7.76. The number of amides is 1. The molecule has 5 aliphatic rings. The number of pyridine rings is 2. The number of hydrogen-bond donors (Lipinski definition) is 1. The highest BCUT2D eigenvalue weighted by molar-refractivity contribution is 6.43. The molecule has 2 aliphatic carbocycles. The normalized spacial score (nSPS) is 24.1. The van der Waals surface area contributed by atoms with Crippen LogP contribution < -0.4 is 10.1 Å². The average Bonchev–Trinajstić information content (AvgIpc) is 3.40. The zero-order valence-corrected chi connectivity index (χ0v) is 29.0. The fourth-order valence-corrected chi connectivity index (χ4v) is 9.07. The van der Waals surface area contributed by atoms with Gasteiger partial charge in [-0.2, -0.15) is 5.26 Å². The Morgan fingerprint density at radius 2 is 2.02 bits per heavy atom. The Morgan fingerprint density at radius 1 is 1.16 bits per heavy atom. The molecule has 1 N–H and O–H groups in total. The molecule has 254 valence electrons. The van der Waals surface area contributed by atoms with Crippen LogP contribution in [0.3, 0.4) is 0 Å². The van der Waals surface area contributed by atoms with Gasteiger partial charge in [-0.15, -0.1) is 0 Å². The number of benzene rings is 2. The summed E-state index contributed by atoms with van der Waals surface area (Å²) in [4.78, 5) is 25.1. The average molecular weight is 710 g/mol. The molecule has 11 heteroatoms. The fourth-order valence-electron chi connectivity index (χ4n) is 8.68. The molecule has 0 unspecified atom stereocenters. The van der Waals surface area contributed by atoms with E-state index in [1.165, 1.54) is 0 Å². The maximum atomic E-state index is 17.1. The standard InChI is InChI=1S/C39H35Cl2FN6O2/c1-20-27-16-32(31-15-25(50-24-6-4-12-44-18-24)19-47(31)39(49)21-9-10-21)48(37-23-14-30(37)45-17-23)38(27)28-13-22(5-3-11-43)33(35(42)36(28)46-20)26-7-2-8-29(40)34(26)41/h2,4,6-8,12-13,16,18,21,23,25,30-31,37,45H,3,5,9-10,14-15,17,19H2,1H3/t23-,25+,30-,31-,37+/m1/s1. The third-order valence-electron chi connectivity index (χ3n) is 11.2. The van der Waals surface area contributed by atoms with E-state index in [4.69, 9.17) is 32.9 Å². The first-order valence-electron chi connectivity index (χ1n) is 17.4. The molecule has 5 aromatic rings. The second-order valence-corrected chi connectivity index (χ2v) is 15.0. The molecular weight excluding hydrogens is 674 g/mol. The SMILES string of the molecule is Cc1nc2c(F)c(-c3cccc(Cl)c3Cl)c(CCC#N)cc2c2c1cc([C@H]1C[C@H](Oc3cccnc3)CN1C(=O)C1CC1)n2[C@H]1[C@H]2CN[C@@H]1C2. The quantitative estimate of drug-likeness (QED) is 0.175. The Labute approximate surface area is 299 Å². The number of rotatable bonds is 8. The van der Waals surface area contributed by atoms with Crippen molar-refractivity contribution in [2.45, 2.75) is 69.7 Å². The van der Waals surface area contributed by atoms with Crippen LogP contribution in [0.5, 0.6) is 5.75 Å². The Hall–Kier alpha value is -4.23. The van der Waals surface area contributed by atoms with E-state index in [9.17, 15) is 10.1 Å². The third kappa shape index (κ3) is 5.06. The predicted octanol–water partition coefficient (Wildman–Crippen LogP) is 8.13. The minimum atomic E-state index is -0.482. The van der Waals surface area contributed by atoms with Gasteiger partial charge in [0.25, 0.3) is 0 Å². The van der Waals surface area contributed by atoms with Gasteiger partial charge in [0.15, 0.2) is 5.82 Å². The summed E-state index contributed by atoms with van der Waals surface area (Å²) < 4.78 is 26.0. The van der Waals surface area contributed by atoms with Crippen LogP contribution in [0.2, 0.25) is 10.0 Å². The van der Waals surface area contributed by atoms with Gasteiger partial charge in [0, 0.05) is 70.8 Å². The second kappa shape index (κ2) is 12.2. The lowest BCUT2D eigenvalue weighted by atomic mass is 9.79. The molecule has 10 rings (SSSR count). The van der Waals surface area contributed by atoms with E-state index in [0.29, 0.717) is 63.8 Å². The smallest absolute Gasteiger partial charge is 0.226 e. The van der Waals surface area contributed by atoms with Gasteiger partial charge < -0.3 is 19.5 Å². The number of aryl methyl sites for hydroxylation is 2. The zero-order valence-electron chi connectivity index (χ0n) is 27.5. The van der Waals surface area contributed by atoms with Crippen molar-refractivity contribution < 1.29 is 13.9 Å². The highest BCUT2D eigenvalue weighted by atomic mass is 35.5. The summed E-state index contributed by atoms with van der Waals surface area (Å²) in [6.45, 7) is 3.33. The number of aromatic nitrogens is 3. The number of hydrogen-bond acceptors (Lipinski definition) is 6. The molecule has 6 heterocycles. The molecule has 8 nitrogen and oxygen atoms in total. The van der Waals surface area contributed by atoms with Crippen molar-refractivity contribution >= 4 is 50.9 Å². The predicted molar refractivity (Wildman–Crippen MR) is 191 cm³/mol. The van der Waals surface area contributed by atoms with Crippen molar-refractivity contribution in [1.29, 1.82) is 5.26 Å². The molecule has 2 saturated carbocycles. The number of ether oxygens (including phenoxy) is 1. The minimum absolute atomic E-state index is 0.0479. The summed E-state index contributed by atoms with van der Waals surface area (Å²) >= 11 is 13.1. The molecule has 0 radical (unpaired) electrons. The van der Waals surface area contributed by atoms with Crippen LogP contribution in [0, 0.1) is 35.9 Å². The molecule has 1 amide bonds.